The number of alkyl halides is 1. The SMILES string of the molecule is COCCNC(=O)c1cc(NC(=O)C(C)(C)CCl)ccc1N1CCC(C)CC1. The standard InChI is InChI=1S/C21H32ClN3O3/c1-15-7-10-25(11-8-15)18-6-5-16(24-20(27)21(2,3)14-22)13-17(18)19(26)23-9-12-28-4/h5-6,13,15H,7-12,14H2,1-4H3,(H,23,26)(H,24,27). The first-order valence-electron chi connectivity index (χ1n) is 9.82. The van der Waals surface area contributed by atoms with E-state index in [0.717, 1.165) is 31.6 Å². The molecule has 2 amide bonds. The second-order valence-corrected chi connectivity index (χ2v) is 8.39. The number of piperidine rings is 1. The first-order chi connectivity index (χ1) is 13.3. The Morgan fingerprint density at radius 1 is 1.29 bits per heavy atom. The van der Waals surface area contributed by atoms with Crippen LogP contribution in [0.15, 0.2) is 18.2 Å². The molecule has 1 saturated heterocycles. The Labute approximate surface area is 172 Å². The number of rotatable bonds is 8. The lowest BCUT2D eigenvalue weighted by Gasteiger charge is -2.33. The summed E-state index contributed by atoms with van der Waals surface area (Å²) in [7, 11) is 1.60. The van der Waals surface area contributed by atoms with Gasteiger partial charge in [-0.2, -0.15) is 0 Å². The summed E-state index contributed by atoms with van der Waals surface area (Å²) in [5, 5.41) is 5.77. The van der Waals surface area contributed by atoms with Crippen LogP contribution in [0.4, 0.5) is 11.4 Å². The van der Waals surface area contributed by atoms with Crippen LogP contribution in [-0.2, 0) is 9.53 Å². The lowest BCUT2D eigenvalue weighted by Crippen LogP contribution is -2.36. The van der Waals surface area contributed by atoms with Gasteiger partial charge in [-0.25, -0.2) is 0 Å². The molecule has 0 saturated carbocycles. The van der Waals surface area contributed by atoms with E-state index in [4.69, 9.17) is 16.3 Å². The fraction of sp³-hybridized carbons (Fsp3) is 0.619. The van der Waals surface area contributed by atoms with Crippen molar-refractivity contribution in [2.75, 3.05) is 49.4 Å². The van der Waals surface area contributed by atoms with Crippen LogP contribution in [0.5, 0.6) is 0 Å². The van der Waals surface area contributed by atoms with Crippen LogP contribution >= 0.6 is 11.6 Å². The number of methoxy groups -OCH3 is 1. The van der Waals surface area contributed by atoms with Gasteiger partial charge in [-0.3, -0.25) is 9.59 Å². The van der Waals surface area contributed by atoms with E-state index in [1.807, 2.05) is 12.1 Å². The van der Waals surface area contributed by atoms with Gasteiger partial charge in [0.25, 0.3) is 5.91 Å². The Hall–Kier alpha value is -1.79. The van der Waals surface area contributed by atoms with E-state index in [1.165, 1.54) is 0 Å². The third-order valence-corrected chi connectivity index (χ3v) is 5.83. The molecule has 1 fully saturated rings. The summed E-state index contributed by atoms with van der Waals surface area (Å²) in [5.74, 6) is 0.575. The number of carbonyl (C=O) groups is 2. The molecular weight excluding hydrogens is 378 g/mol. The van der Waals surface area contributed by atoms with Crippen LogP contribution in [0.2, 0.25) is 0 Å². The van der Waals surface area contributed by atoms with Gasteiger partial charge >= 0.3 is 0 Å². The maximum atomic E-state index is 12.8. The van der Waals surface area contributed by atoms with Crippen LogP contribution in [0.3, 0.4) is 0 Å². The Morgan fingerprint density at radius 2 is 1.96 bits per heavy atom. The lowest BCUT2D eigenvalue weighted by atomic mass is 9.95. The fourth-order valence-electron chi connectivity index (χ4n) is 3.04. The molecule has 1 aliphatic heterocycles. The number of amides is 2. The van der Waals surface area contributed by atoms with Gasteiger partial charge < -0.3 is 20.3 Å². The first-order valence-corrected chi connectivity index (χ1v) is 10.4. The molecule has 7 heteroatoms. The molecule has 0 unspecified atom stereocenters. The summed E-state index contributed by atoms with van der Waals surface area (Å²) in [5.41, 5.74) is 1.36. The van der Waals surface area contributed by atoms with Crippen molar-refractivity contribution in [1.29, 1.82) is 0 Å². The van der Waals surface area contributed by atoms with Crippen LogP contribution < -0.4 is 15.5 Å². The van der Waals surface area contributed by atoms with E-state index in [-0.39, 0.29) is 17.7 Å². The second kappa shape index (κ2) is 10.1. The van der Waals surface area contributed by atoms with Crippen molar-refractivity contribution in [2.24, 2.45) is 11.3 Å². The molecule has 1 aliphatic rings. The van der Waals surface area contributed by atoms with Crippen molar-refractivity contribution >= 4 is 34.8 Å². The van der Waals surface area contributed by atoms with Gasteiger partial charge in [0.2, 0.25) is 5.91 Å². The zero-order chi connectivity index (χ0) is 20.7. The average Bonchev–Trinajstić information content (AvgIpc) is 2.68. The van der Waals surface area contributed by atoms with E-state index in [0.29, 0.717) is 30.3 Å². The van der Waals surface area contributed by atoms with E-state index >= 15 is 0 Å². The summed E-state index contributed by atoms with van der Waals surface area (Å²) in [6, 6.07) is 5.52. The van der Waals surface area contributed by atoms with E-state index in [2.05, 4.69) is 22.5 Å². The number of halogens is 1. The highest BCUT2D eigenvalue weighted by atomic mass is 35.5. The Kier molecular flexibility index (Phi) is 8.13. The predicted octanol–water partition coefficient (Wildman–Crippen LogP) is 3.50. The minimum atomic E-state index is -0.690. The summed E-state index contributed by atoms with van der Waals surface area (Å²) >= 11 is 5.90. The van der Waals surface area contributed by atoms with Crippen LogP contribution in [0.1, 0.15) is 44.0 Å². The van der Waals surface area contributed by atoms with Crippen molar-refractivity contribution in [3.05, 3.63) is 23.8 Å². The van der Waals surface area contributed by atoms with Crippen LogP contribution in [0, 0.1) is 11.3 Å². The highest BCUT2D eigenvalue weighted by Gasteiger charge is 2.27. The Morgan fingerprint density at radius 3 is 2.57 bits per heavy atom. The third kappa shape index (κ3) is 5.85. The van der Waals surface area contributed by atoms with Crippen LogP contribution in [-0.4, -0.2) is 51.0 Å². The summed E-state index contributed by atoms with van der Waals surface area (Å²) < 4.78 is 5.02. The molecular formula is C21H32ClN3O3. The topological polar surface area (TPSA) is 70.7 Å². The Balaban J connectivity index is 2.26. The van der Waals surface area contributed by atoms with Gasteiger partial charge in [0.05, 0.1) is 17.6 Å². The molecule has 0 aromatic heterocycles. The van der Waals surface area contributed by atoms with Gasteiger partial charge in [0.1, 0.15) is 0 Å². The molecule has 1 heterocycles. The third-order valence-electron chi connectivity index (χ3n) is 5.16. The number of anilines is 2. The number of ether oxygens (including phenoxy) is 1. The molecule has 6 nitrogen and oxygen atoms in total. The van der Waals surface area contributed by atoms with Gasteiger partial charge in [-0.05, 0) is 50.8 Å². The van der Waals surface area contributed by atoms with Gasteiger partial charge in [-0.15, -0.1) is 11.6 Å². The molecule has 28 heavy (non-hydrogen) atoms. The number of carbonyl (C=O) groups excluding carboxylic acids is 2. The van der Waals surface area contributed by atoms with Gasteiger partial charge in [0.15, 0.2) is 0 Å². The fourth-order valence-corrected chi connectivity index (χ4v) is 3.17. The quantitative estimate of drug-likeness (QED) is 0.509. The normalized spacial score (nSPS) is 15.4. The second-order valence-electron chi connectivity index (χ2n) is 8.12. The zero-order valence-electron chi connectivity index (χ0n) is 17.3. The minimum absolute atomic E-state index is 0.168. The highest BCUT2D eigenvalue weighted by molar-refractivity contribution is 6.20. The number of hydrogen-bond donors (Lipinski definition) is 2. The first kappa shape index (κ1) is 22.5. The van der Waals surface area contributed by atoms with Crippen molar-refractivity contribution in [2.45, 2.75) is 33.6 Å². The number of benzene rings is 1. The Bertz CT molecular complexity index is 685. The molecule has 2 N–H and O–H groups in total. The molecule has 156 valence electrons. The lowest BCUT2D eigenvalue weighted by molar-refractivity contribution is -0.122. The molecule has 0 aliphatic carbocycles. The van der Waals surface area contributed by atoms with Crippen molar-refractivity contribution in [3.63, 3.8) is 0 Å². The predicted molar refractivity (Wildman–Crippen MR) is 114 cm³/mol. The van der Waals surface area contributed by atoms with Gasteiger partial charge in [-0.1, -0.05) is 6.92 Å². The molecule has 1 aromatic rings. The molecule has 2 rings (SSSR count). The molecule has 0 radical (unpaired) electrons. The number of hydrogen-bond acceptors (Lipinski definition) is 4. The monoisotopic (exact) mass is 409 g/mol. The zero-order valence-corrected chi connectivity index (χ0v) is 18.1. The van der Waals surface area contributed by atoms with E-state index in [9.17, 15) is 9.59 Å². The smallest absolute Gasteiger partial charge is 0.253 e. The molecule has 1 aromatic carbocycles. The molecule has 0 spiro atoms. The minimum Gasteiger partial charge on any atom is -0.383 e. The highest BCUT2D eigenvalue weighted by Crippen LogP contribution is 2.29. The van der Waals surface area contributed by atoms with Gasteiger partial charge in [0, 0.05) is 44.0 Å². The van der Waals surface area contributed by atoms with Crippen molar-refractivity contribution in [3.8, 4) is 0 Å². The molecule has 0 atom stereocenters. The molecule has 0 bridgehead atoms. The summed E-state index contributed by atoms with van der Waals surface area (Å²) in [4.78, 5) is 27.5. The maximum absolute atomic E-state index is 12.8. The largest absolute Gasteiger partial charge is 0.383 e. The van der Waals surface area contributed by atoms with Crippen LogP contribution in [0.25, 0.3) is 0 Å². The van der Waals surface area contributed by atoms with E-state index < -0.39 is 5.41 Å². The average molecular weight is 410 g/mol. The van der Waals surface area contributed by atoms with Crippen molar-refractivity contribution in [1.82, 2.24) is 5.32 Å². The number of nitrogens with one attached hydrogen (secondary N) is 2. The van der Waals surface area contributed by atoms with Crippen molar-refractivity contribution < 1.29 is 14.3 Å². The summed E-state index contributed by atoms with van der Waals surface area (Å²) in [6.45, 7) is 8.56. The number of nitrogens with zero attached hydrogens (tertiary/aromatic N) is 1. The maximum Gasteiger partial charge on any atom is 0.253 e. The van der Waals surface area contributed by atoms with E-state index in [1.54, 1.807) is 27.0 Å². The summed E-state index contributed by atoms with van der Waals surface area (Å²) in [6.07, 6.45) is 2.21.